The molecule has 0 N–H and O–H groups in total. The van der Waals surface area contributed by atoms with Crippen LogP contribution in [0.15, 0.2) is 33.5 Å². The molecular weight excluding hydrogens is 351 g/mol. The minimum absolute atomic E-state index is 0.122. The standard InChI is InChI=1S/C10H4Br2F3N/c11-7-4-16-9(12)5-2-1-3-6(8(5)7)10(13,14)15/h1-4H. The second-order valence-corrected chi connectivity index (χ2v) is 4.73. The van der Waals surface area contributed by atoms with Gasteiger partial charge in [0.15, 0.2) is 0 Å². The highest BCUT2D eigenvalue weighted by Gasteiger charge is 2.33. The van der Waals surface area contributed by atoms with Crippen LogP contribution in [-0.4, -0.2) is 4.98 Å². The second-order valence-electron chi connectivity index (χ2n) is 3.12. The molecule has 6 heteroatoms. The van der Waals surface area contributed by atoms with Crippen LogP contribution < -0.4 is 0 Å². The minimum atomic E-state index is -4.37. The van der Waals surface area contributed by atoms with E-state index in [0.29, 0.717) is 14.5 Å². The van der Waals surface area contributed by atoms with Crippen molar-refractivity contribution < 1.29 is 13.2 Å². The highest BCUT2D eigenvalue weighted by molar-refractivity contribution is 9.11. The fraction of sp³-hybridized carbons (Fsp3) is 0.100. The number of nitrogens with zero attached hydrogens (tertiary/aromatic N) is 1. The van der Waals surface area contributed by atoms with Crippen LogP contribution in [0.25, 0.3) is 10.8 Å². The fourth-order valence-corrected chi connectivity index (χ4v) is 2.43. The first kappa shape index (κ1) is 11.9. The largest absolute Gasteiger partial charge is 0.417 e. The van der Waals surface area contributed by atoms with E-state index in [1.54, 1.807) is 6.07 Å². The van der Waals surface area contributed by atoms with E-state index in [2.05, 4.69) is 36.8 Å². The summed E-state index contributed by atoms with van der Waals surface area (Å²) in [4.78, 5) is 3.93. The lowest BCUT2D eigenvalue weighted by Crippen LogP contribution is -2.06. The van der Waals surface area contributed by atoms with Crippen molar-refractivity contribution >= 4 is 42.6 Å². The fourth-order valence-electron chi connectivity index (χ4n) is 1.47. The Bertz CT molecular complexity index is 551. The second kappa shape index (κ2) is 4.00. The molecular formula is C10H4Br2F3N. The Kier molecular flexibility index (Phi) is 2.96. The van der Waals surface area contributed by atoms with Gasteiger partial charge in [0.25, 0.3) is 0 Å². The number of halogens is 5. The van der Waals surface area contributed by atoms with Gasteiger partial charge in [0.05, 0.1) is 5.56 Å². The average molecular weight is 355 g/mol. The summed E-state index contributed by atoms with van der Waals surface area (Å²) < 4.78 is 39.1. The Balaban J connectivity index is 2.92. The number of hydrogen-bond acceptors (Lipinski definition) is 1. The molecule has 0 aliphatic carbocycles. The number of benzene rings is 1. The van der Waals surface area contributed by atoms with Gasteiger partial charge < -0.3 is 0 Å². The summed E-state index contributed by atoms with van der Waals surface area (Å²) in [5.74, 6) is 0. The molecule has 0 bridgehead atoms. The van der Waals surface area contributed by atoms with Gasteiger partial charge >= 0.3 is 6.18 Å². The number of pyridine rings is 1. The van der Waals surface area contributed by atoms with Crippen LogP contribution in [0.2, 0.25) is 0 Å². The van der Waals surface area contributed by atoms with E-state index in [1.165, 1.54) is 12.3 Å². The Morgan fingerprint density at radius 1 is 1.12 bits per heavy atom. The highest BCUT2D eigenvalue weighted by Crippen LogP contribution is 2.39. The lowest BCUT2D eigenvalue weighted by atomic mass is 10.1. The van der Waals surface area contributed by atoms with E-state index >= 15 is 0 Å². The third kappa shape index (κ3) is 1.96. The van der Waals surface area contributed by atoms with Crippen LogP contribution in [0, 0.1) is 0 Å². The van der Waals surface area contributed by atoms with Crippen LogP contribution >= 0.6 is 31.9 Å². The van der Waals surface area contributed by atoms with E-state index in [9.17, 15) is 13.2 Å². The van der Waals surface area contributed by atoms with Gasteiger partial charge in [0.1, 0.15) is 4.60 Å². The molecule has 2 aromatic rings. The first-order valence-corrected chi connectivity index (χ1v) is 5.80. The van der Waals surface area contributed by atoms with Gasteiger partial charge in [-0.25, -0.2) is 4.98 Å². The van der Waals surface area contributed by atoms with Gasteiger partial charge in [-0.05, 0) is 37.9 Å². The third-order valence-corrected chi connectivity index (χ3v) is 3.36. The van der Waals surface area contributed by atoms with E-state index in [-0.39, 0.29) is 5.39 Å². The van der Waals surface area contributed by atoms with E-state index in [1.807, 2.05) is 0 Å². The summed E-state index contributed by atoms with van der Waals surface area (Å²) in [6.07, 6.45) is -3.02. The Morgan fingerprint density at radius 2 is 1.81 bits per heavy atom. The molecule has 0 saturated heterocycles. The van der Waals surface area contributed by atoms with Crippen molar-refractivity contribution in [3.8, 4) is 0 Å². The molecule has 0 amide bonds. The molecule has 0 unspecified atom stereocenters. The van der Waals surface area contributed by atoms with Crippen LogP contribution in [0.3, 0.4) is 0 Å². The smallest absolute Gasteiger partial charge is 0.248 e. The number of rotatable bonds is 0. The summed E-state index contributed by atoms with van der Waals surface area (Å²) >= 11 is 6.22. The van der Waals surface area contributed by atoms with Crippen LogP contribution in [0.1, 0.15) is 5.56 Å². The summed E-state index contributed by atoms with van der Waals surface area (Å²) in [6.45, 7) is 0. The molecule has 0 aliphatic heterocycles. The highest BCUT2D eigenvalue weighted by atomic mass is 79.9. The molecule has 1 aromatic heterocycles. The van der Waals surface area contributed by atoms with Crippen LogP contribution in [0.4, 0.5) is 13.2 Å². The van der Waals surface area contributed by atoms with E-state index < -0.39 is 11.7 Å². The maximum absolute atomic E-state index is 12.8. The predicted octanol–water partition coefficient (Wildman–Crippen LogP) is 4.78. The molecule has 84 valence electrons. The van der Waals surface area contributed by atoms with Crippen LogP contribution in [0.5, 0.6) is 0 Å². The maximum Gasteiger partial charge on any atom is 0.417 e. The Labute approximate surface area is 106 Å². The Morgan fingerprint density at radius 3 is 2.44 bits per heavy atom. The van der Waals surface area contributed by atoms with Crippen molar-refractivity contribution in [2.24, 2.45) is 0 Å². The summed E-state index contributed by atoms with van der Waals surface area (Å²) in [7, 11) is 0. The molecule has 0 saturated carbocycles. The van der Waals surface area contributed by atoms with Gasteiger partial charge in [0.2, 0.25) is 0 Å². The predicted molar refractivity (Wildman–Crippen MR) is 62.1 cm³/mol. The topological polar surface area (TPSA) is 12.9 Å². The van der Waals surface area contributed by atoms with E-state index in [4.69, 9.17) is 0 Å². The normalized spacial score (nSPS) is 12.1. The average Bonchev–Trinajstić information content (AvgIpc) is 2.22. The van der Waals surface area contributed by atoms with Gasteiger partial charge in [-0.1, -0.05) is 12.1 Å². The van der Waals surface area contributed by atoms with Gasteiger partial charge in [0, 0.05) is 21.4 Å². The first-order valence-electron chi connectivity index (χ1n) is 4.21. The molecule has 0 spiro atoms. The van der Waals surface area contributed by atoms with Gasteiger partial charge in [-0.15, -0.1) is 0 Å². The molecule has 1 aromatic carbocycles. The van der Waals surface area contributed by atoms with Crippen molar-refractivity contribution in [2.75, 3.05) is 0 Å². The van der Waals surface area contributed by atoms with Gasteiger partial charge in [-0.3, -0.25) is 0 Å². The molecule has 2 rings (SSSR count). The zero-order valence-corrected chi connectivity index (χ0v) is 10.8. The third-order valence-electron chi connectivity index (χ3n) is 2.12. The number of alkyl halides is 3. The lowest BCUT2D eigenvalue weighted by molar-refractivity contribution is -0.136. The van der Waals surface area contributed by atoms with Crippen molar-refractivity contribution in [3.63, 3.8) is 0 Å². The molecule has 0 fully saturated rings. The zero-order chi connectivity index (χ0) is 11.9. The first-order chi connectivity index (χ1) is 7.41. The zero-order valence-electron chi connectivity index (χ0n) is 7.65. The Hall–Kier alpha value is -0.620. The van der Waals surface area contributed by atoms with Crippen LogP contribution in [-0.2, 0) is 6.18 Å². The maximum atomic E-state index is 12.8. The van der Waals surface area contributed by atoms with Gasteiger partial charge in [-0.2, -0.15) is 13.2 Å². The SMILES string of the molecule is FC(F)(F)c1cccc2c(Br)ncc(Br)c12. The van der Waals surface area contributed by atoms with Crippen molar-refractivity contribution in [1.29, 1.82) is 0 Å². The molecule has 16 heavy (non-hydrogen) atoms. The molecule has 0 atom stereocenters. The number of hydrogen-bond donors (Lipinski definition) is 0. The number of fused-ring (bicyclic) bond motifs is 1. The molecule has 1 heterocycles. The van der Waals surface area contributed by atoms with Crippen molar-refractivity contribution in [2.45, 2.75) is 6.18 Å². The quantitative estimate of drug-likeness (QED) is 0.620. The molecule has 1 nitrogen and oxygen atoms in total. The monoisotopic (exact) mass is 353 g/mol. The minimum Gasteiger partial charge on any atom is -0.248 e. The van der Waals surface area contributed by atoms with E-state index in [0.717, 1.165) is 6.07 Å². The van der Waals surface area contributed by atoms with Crippen molar-refractivity contribution in [1.82, 2.24) is 4.98 Å². The molecule has 0 aliphatic rings. The summed E-state index contributed by atoms with van der Waals surface area (Å²) in [5.41, 5.74) is -0.667. The summed E-state index contributed by atoms with van der Waals surface area (Å²) in [5, 5.41) is 0.557. The summed E-state index contributed by atoms with van der Waals surface area (Å²) in [6, 6.07) is 4.01. The number of aromatic nitrogens is 1. The van der Waals surface area contributed by atoms with Crippen molar-refractivity contribution in [3.05, 3.63) is 39.0 Å². The lowest BCUT2D eigenvalue weighted by Gasteiger charge is -2.11. The molecule has 0 radical (unpaired) electrons.